The molecule has 2 fully saturated rings. The predicted octanol–water partition coefficient (Wildman–Crippen LogP) is 2.20. The molecular weight excluding hydrogens is 433 g/mol. The normalized spacial score (nSPS) is 16.4. The van der Waals surface area contributed by atoms with Crippen molar-refractivity contribution in [2.24, 2.45) is 0 Å². The highest BCUT2D eigenvalue weighted by Gasteiger charge is 2.29. The number of rotatable bonds is 6. The van der Waals surface area contributed by atoms with Crippen LogP contribution in [0.2, 0.25) is 0 Å². The van der Waals surface area contributed by atoms with E-state index in [0.717, 1.165) is 56.8 Å². The number of pyridine rings is 1. The summed E-state index contributed by atoms with van der Waals surface area (Å²) in [6.45, 7) is 3.20. The Hall–Kier alpha value is -3.53. The maximum atomic E-state index is 13.7. The van der Waals surface area contributed by atoms with Crippen molar-refractivity contribution >= 4 is 23.7 Å². The number of halogens is 1. The average Bonchev–Trinajstić information content (AvgIpc) is 2.77. The molecule has 1 aromatic carbocycles. The molecule has 3 heterocycles. The van der Waals surface area contributed by atoms with E-state index in [1.807, 2.05) is 11.0 Å². The summed E-state index contributed by atoms with van der Waals surface area (Å²) in [7, 11) is 0. The minimum atomic E-state index is -1.82. The summed E-state index contributed by atoms with van der Waals surface area (Å²) in [6, 6.07) is 10.5. The molecule has 0 aliphatic carbocycles. The zero-order chi connectivity index (χ0) is 23.8. The fourth-order valence-corrected chi connectivity index (χ4v) is 3.68. The molecule has 2 saturated heterocycles. The predicted molar refractivity (Wildman–Crippen MR) is 117 cm³/mol. The van der Waals surface area contributed by atoms with Gasteiger partial charge in [-0.3, -0.25) is 14.6 Å². The van der Waals surface area contributed by atoms with Crippen LogP contribution in [-0.2, 0) is 20.8 Å². The first-order valence-electron chi connectivity index (χ1n) is 10.7. The molecule has 0 atom stereocenters. The number of hydrogen-bond acceptors (Lipinski definition) is 6. The number of para-hydroxylation sites is 1. The number of likely N-dealkylation sites (tertiary alicyclic amines) is 1. The number of ether oxygens (including phenoxy) is 1. The van der Waals surface area contributed by atoms with Crippen molar-refractivity contribution in [2.45, 2.75) is 31.8 Å². The standard InChI is InChI=1S/C21H24FN3O2.C2H2O4/c22-18-7-1-2-8-19(18)27-17-14-24(15-17)13-10-16-6-5-11-23-21(16)25-12-4-3-9-20(25)26;3-1(4)2(5)6/h1-2,5-8,11,17H,3-4,9-10,12-15H2;(H,3,4)(H,5,6). The molecule has 2 aliphatic heterocycles. The molecule has 2 N–H and O–H groups in total. The van der Waals surface area contributed by atoms with Crippen molar-refractivity contribution in [3.8, 4) is 5.75 Å². The highest BCUT2D eigenvalue weighted by Crippen LogP contribution is 2.25. The second-order valence-corrected chi connectivity index (χ2v) is 7.78. The largest absolute Gasteiger partial charge is 0.485 e. The van der Waals surface area contributed by atoms with Crippen LogP contribution in [-0.4, -0.2) is 70.2 Å². The van der Waals surface area contributed by atoms with Crippen LogP contribution in [0, 0.1) is 5.82 Å². The molecule has 4 rings (SSSR count). The van der Waals surface area contributed by atoms with Crippen LogP contribution < -0.4 is 9.64 Å². The maximum absolute atomic E-state index is 13.7. The van der Waals surface area contributed by atoms with Crippen molar-refractivity contribution in [1.82, 2.24) is 9.88 Å². The van der Waals surface area contributed by atoms with Crippen LogP contribution in [0.4, 0.5) is 10.2 Å². The molecule has 1 aromatic heterocycles. The maximum Gasteiger partial charge on any atom is 0.414 e. The van der Waals surface area contributed by atoms with Gasteiger partial charge in [0.2, 0.25) is 5.91 Å². The smallest absolute Gasteiger partial charge is 0.414 e. The van der Waals surface area contributed by atoms with Crippen LogP contribution in [0.25, 0.3) is 0 Å². The number of hydrogen-bond donors (Lipinski definition) is 2. The summed E-state index contributed by atoms with van der Waals surface area (Å²) < 4.78 is 19.4. The number of nitrogens with zero attached hydrogens (tertiary/aromatic N) is 3. The number of anilines is 1. The van der Waals surface area contributed by atoms with Crippen molar-refractivity contribution < 1.29 is 33.7 Å². The number of piperidine rings is 1. The highest BCUT2D eigenvalue weighted by atomic mass is 19.1. The Bertz CT molecular complexity index is 984. The van der Waals surface area contributed by atoms with Crippen LogP contribution >= 0.6 is 0 Å². The minimum Gasteiger partial charge on any atom is -0.485 e. The summed E-state index contributed by atoms with van der Waals surface area (Å²) in [4.78, 5) is 39.0. The highest BCUT2D eigenvalue weighted by molar-refractivity contribution is 6.27. The van der Waals surface area contributed by atoms with Crippen molar-refractivity contribution in [1.29, 1.82) is 0 Å². The number of carboxylic acids is 2. The van der Waals surface area contributed by atoms with E-state index in [9.17, 15) is 9.18 Å². The molecule has 0 unspecified atom stereocenters. The van der Waals surface area contributed by atoms with E-state index in [1.54, 1.807) is 24.4 Å². The van der Waals surface area contributed by atoms with Crippen molar-refractivity contribution in [3.05, 3.63) is 54.0 Å². The quantitative estimate of drug-likeness (QED) is 0.631. The monoisotopic (exact) mass is 459 g/mol. The molecule has 0 saturated carbocycles. The summed E-state index contributed by atoms with van der Waals surface area (Å²) in [5.74, 6) is -2.67. The summed E-state index contributed by atoms with van der Waals surface area (Å²) in [6.07, 6.45) is 5.22. The summed E-state index contributed by atoms with van der Waals surface area (Å²) >= 11 is 0. The molecule has 0 radical (unpaired) electrons. The van der Waals surface area contributed by atoms with Gasteiger partial charge in [0.1, 0.15) is 11.9 Å². The summed E-state index contributed by atoms with van der Waals surface area (Å²) in [5, 5.41) is 14.8. The fourth-order valence-electron chi connectivity index (χ4n) is 3.68. The van der Waals surface area contributed by atoms with Gasteiger partial charge in [-0.1, -0.05) is 18.2 Å². The zero-order valence-corrected chi connectivity index (χ0v) is 18.0. The Morgan fingerprint density at radius 1 is 1.09 bits per heavy atom. The van der Waals surface area contributed by atoms with Gasteiger partial charge in [0.25, 0.3) is 0 Å². The van der Waals surface area contributed by atoms with E-state index in [1.165, 1.54) is 6.07 Å². The molecule has 0 bridgehead atoms. The number of carbonyl (C=O) groups excluding carboxylic acids is 1. The Kier molecular flexibility index (Phi) is 8.31. The van der Waals surface area contributed by atoms with Crippen LogP contribution in [0.5, 0.6) is 5.75 Å². The molecule has 0 spiro atoms. The number of aliphatic carboxylic acids is 2. The van der Waals surface area contributed by atoms with Crippen LogP contribution in [0.15, 0.2) is 42.6 Å². The molecule has 2 aliphatic rings. The third-order valence-electron chi connectivity index (χ3n) is 5.38. The molecule has 2 aromatic rings. The number of carboxylic acid groups (broad SMARTS) is 2. The van der Waals surface area contributed by atoms with Gasteiger partial charge in [-0.05, 0) is 43.0 Å². The molecule has 10 heteroatoms. The van der Waals surface area contributed by atoms with Gasteiger partial charge in [0, 0.05) is 38.8 Å². The molecular formula is C23H26FN3O6. The van der Waals surface area contributed by atoms with Crippen molar-refractivity contribution in [2.75, 3.05) is 31.1 Å². The van der Waals surface area contributed by atoms with E-state index in [0.29, 0.717) is 12.2 Å². The molecule has 33 heavy (non-hydrogen) atoms. The SMILES string of the molecule is O=C(O)C(=O)O.O=C1CCCCN1c1ncccc1CCN1CC(Oc2ccccc2F)C1. The van der Waals surface area contributed by atoms with E-state index in [-0.39, 0.29) is 17.8 Å². The van der Waals surface area contributed by atoms with Gasteiger partial charge in [-0.15, -0.1) is 0 Å². The first-order chi connectivity index (χ1) is 15.8. The first kappa shape index (κ1) is 24.1. The van der Waals surface area contributed by atoms with Crippen molar-refractivity contribution in [3.63, 3.8) is 0 Å². The lowest BCUT2D eigenvalue weighted by molar-refractivity contribution is -0.159. The number of benzene rings is 1. The first-order valence-corrected chi connectivity index (χ1v) is 10.7. The third-order valence-corrected chi connectivity index (χ3v) is 5.38. The molecule has 1 amide bonds. The molecule has 9 nitrogen and oxygen atoms in total. The van der Waals surface area contributed by atoms with Gasteiger partial charge in [0.05, 0.1) is 0 Å². The number of aromatic nitrogens is 1. The van der Waals surface area contributed by atoms with Gasteiger partial charge in [0.15, 0.2) is 11.6 Å². The zero-order valence-electron chi connectivity index (χ0n) is 18.0. The van der Waals surface area contributed by atoms with E-state index >= 15 is 0 Å². The number of amides is 1. The average molecular weight is 459 g/mol. The topological polar surface area (TPSA) is 120 Å². The lowest BCUT2D eigenvalue weighted by Crippen LogP contribution is -2.54. The second-order valence-electron chi connectivity index (χ2n) is 7.78. The Labute approximate surface area is 190 Å². The third kappa shape index (κ3) is 6.72. The Morgan fingerprint density at radius 3 is 2.48 bits per heavy atom. The van der Waals surface area contributed by atoms with Gasteiger partial charge >= 0.3 is 11.9 Å². The fraction of sp³-hybridized carbons (Fsp3) is 0.391. The van der Waals surface area contributed by atoms with E-state index in [4.69, 9.17) is 24.5 Å². The van der Waals surface area contributed by atoms with Gasteiger partial charge in [-0.2, -0.15) is 0 Å². The second kappa shape index (κ2) is 11.4. The van der Waals surface area contributed by atoms with Crippen LogP contribution in [0.1, 0.15) is 24.8 Å². The minimum absolute atomic E-state index is 0.0268. The Balaban J connectivity index is 0.000000454. The van der Waals surface area contributed by atoms with E-state index in [2.05, 4.69) is 16.0 Å². The van der Waals surface area contributed by atoms with Gasteiger partial charge < -0.3 is 14.9 Å². The van der Waals surface area contributed by atoms with E-state index < -0.39 is 11.9 Å². The summed E-state index contributed by atoms with van der Waals surface area (Å²) in [5.41, 5.74) is 1.10. The lowest BCUT2D eigenvalue weighted by Gasteiger charge is -2.39. The number of carbonyl (C=O) groups is 3. The van der Waals surface area contributed by atoms with Crippen LogP contribution in [0.3, 0.4) is 0 Å². The van der Waals surface area contributed by atoms with Gasteiger partial charge in [-0.25, -0.2) is 19.0 Å². The molecule has 176 valence electrons. The lowest BCUT2D eigenvalue weighted by atomic mass is 10.1. The Morgan fingerprint density at radius 2 is 1.82 bits per heavy atom.